The first-order valence-electron chi connectivity index (χ1n) is 7.76. The monoisotopic (exact) mass is 352 g/mol. The zero-order valence-electron chi connectivity index (χ0n) is 13.5. The average molecular weight is 352 g/mol. The molecule has 0 bridgehead atoms. The van der Waals surface area contributed by atoms with Gasteiger partial charge in [-0.15, -0.1) is 0 Å². The Morgan fingerprint density at radius 2 is 0.923 bits per heavy atom. The number of halogens is 2. The Kier molecular flexibility index (Phi) is 5.03. The number of rotatable bonds is 4. The molecule has 130 valence electrons. The van der Waals surface area contributed by atoms with E-state index in [1.165, 1.54) is 60.7 Å². The Morgan fingerprint density at radius 3 is 1.27 bits per heavy atom. The minimum absolute atomic E-state index is 0.0684. The third kappa shape index (κ3) is 3.92. The summed E-state index contributed by atoms with van der Waals surface area (Å²) in [5.41, 5.74) is 0.657. The summed E-state index contributed by atoms with van der Waals surface area (Å²) in [5.74, 6) is -2.09. The molecule has 0 atom stereocenters. The summed E-state index contributed by atoms with van der Waals surface area (Å²) in [7, 11) is 0. The van der Waals surface area contributed by atoms with Gasteiger partial charge in [-0.2, -0.15) is 0 Å². The smallest absolute Gasteiger partial charge is 0.255 e. The highest BCUT2D eigenvalue weighted by Crippen LogP contribution is 2.16. The van der Waals surface area contributed by atoms with Crippen LogP contribution in [0.4, 0.5) is 20.2 Å². The van der Waals surface area contributed by atoms with E-state index in [4.69, 9.17) is 0 Å². The molecule has 0 radical (unpaired) electrons. The Hall–Kier alpha value is -3.54. The topological polar surface area (TPSA) is 58.2 Å². The molecular weight excluding hydrogens is 338 g/mol. The lowest BCUT2D eigenvalue weighted by Gasteiger charge is -2.08. The SMILES string of the molecule is O=C(Nc1ccccc1F)c1ccc(C(=O)Nc2ccccc2F)cc1. The molecule has 0 aliphatic heterocycles. The van der Waals surface area contributed by atoms with Crippen molar-refractivity contribution in [3.63, 3.8) is 0 Å². The van der Waals surface area contributed by atoms with Gasteiger partial charge in [0, 0.05) is 11.1 Å². The quantitative estimate of drug-likeness (QED) is 0.728. The summed E-state index contributed by atoms with van der Waals surface area (Å²) in [6.45, 7) is 0. The maximum atomic E-state index is 13.6. The number of hydrogen-bond donors (Lipinski definition) is 2. The molecule has 4 nitrogen and oxygen atoms in total. The minimum atomic E-state index is -0.540. The van der Waals surface area contributed by atoms with Crippen LogP contribution in [0.25, 0.3) is 0 Å². The number of carbonyl (C=O) groups is 2. The maximum absolute atomic E-state index is 13.6. The molecular formula is C20H14F2N2O2. The van der Waals surface area contributed by atoms with Crippen LogP contribution in [0.15, 0.2) is 72.8 Å². The van der Waals surface area contributed by atoms with Gasteiger partial charge in [-0.3, -0.25) is 9.59 Å². The molecule has 0 fully saturated rings. The summed E-state index contributed by atoms with van der Waals surface area (Å²) in [6.07, 6.45) is 0. The highest BCUT2D eigenvalue weighted by Gasteiger charge is 2.12. The molecule has 0 saturated heterocycles. The number of para-hydroxylation sites is 2. The fourth-order valence-corrected chi connectivity index (χ4v) is 2.29. The van der Waals surface area contributed by atoms with E-state index in [0.29, 0.717) is 0 Å². The predicted octanol–water partition coefficient (Wildman–Crippen LogP) is 4.47. The summed E-state index contributed by atoms with van der Waals surface area (Å²) < 4.78 is 27.2. The number of benzene rings is 3. The van der Waals surface area contributed by atoms with Crippen molar-refractivity contribution in [3.8, 4) is 0 Å². The van der Waals surface area contributed by atoms with Crippen molar-refractivity contribution in [1.29, 1.82) is 0 Å². The lowest BCUT2D eigenvalue weighted by atomic mass is 10.1. The zero-order valence-corrected chi connectivity index (χ0v) is 13.5. The number of carbonyl (C=O) groups excluding carboxylic acids is 2. The second kappa shape index (κ2) is 7.57. The lowest BCUT2D eigenvalue weighted by molar-refractivity contribution is 0.101. The standard InChI is InChI=1S/C20H14F2N2O2/c21-15-5-1-3-7-17(15)23-19(25)13-9-11-14(12-10-13)20(26)24-18-8-4-2-6-16(18)22/h1-12H,(H,23,25)(H,24,26). The van der Waals surface area contributed by atoms with Crippen molar-refractivity contribution in [2.24, 2.45) is 0 Å². The van der Waals surface area contributed by atoms with Crippen LogP contribution in [-0.4, -0.2) is 11.8 Å². The van der Waals surface area contributed by atoms with Gasteiger partial charge in [0.15, 0.2) is 0 Å². The lowest BCUT2D eigenvalue weighted by Crippen LogP contribution is -2.15. The number of hydrogen-bond acceptors (Lipinski definition) is 2. The van der Waals surface area contributed by atoms with Gasteiger partial charge in [-0.25, -0.2) is 8.78 Å². The molecule has 26 heavy (non-hydrogen) atoms. The molecule has 0 heterocycles. The van der Waals surface area contributed by atoms with Crippen molar-refractivity contribution in [1.82, 2.24) is 0 Å². The van der Waals surface area contributed by atoms with Gasteiger partial charge in [-0.05, 0) is 48.5 Å². The second-order valence-corrected chi connectivity index (χ2v) is 5.45. The van der Waals surface area contributed by atoms with E-state index in [1.54, 1.807) is 12.1 Å². The van der Waals surface area contributed by atoms with Crippen LogP contribution >= 0.6 is 0 Å². The summed E-state index contributed by atoms with van der Waals surface area (Å²) in [6, 6.07) is 17.4. The van der Waals surface area contributed by atoms with Gasteiger partial charge in [0.2, 0.25) is 0 Å². The molecule has 0 spiro atoms. The number of anilines is 2. The van der Waals surface area contributed by atoms with E-state index < -0.39 is 23.4 Å². The molecule has 0 aliphatic carbocycles. The van der Waals surface area contributed by atoms with Crippen molar-refractivity contribution in [2.75, 3.05) is 10.6 Å². The van der Waals surface area contributed by atoms with Crippen molar-refractivity contribution in [2.45, 2.75) is 0 Å². The van der Waals surface area contributed by atoms with Gasteiger partial charge in [0.1, 0.15) is 11.6 Å². The van der Waals surface area contributed by atoms with Crippen molar-refractivity contribution in [3.05, 3.63) is 95.6 Å². The van der Waals surface area contributed by atoms with Crippen molar-refractivity contribution < 1.29 is 18.4 Å². The van der Waals surface area contributed by atoms with Crippen LogP contribution in [0, 0.1) is 11.6 Å². The van der Waals surface area contributed by atoms with Crippen LogP contribution in [0.5, 0.6) is 0 Å². The fourth-order valence-electron chi connectivity index (χ4n) is 2.29. The summed E-state index contributed by atoms with van der Waals surface area (Å²) >= 11 is 0. The van der Waals surface area contributed by atoms with Crippen LogP contribution in [0.1, 0.15) is 20.7 Å². The Morgan fingerprint density at radius 1 is 0.577 bits per heavy atom. The van der Waals surface area contributed by atoms with Gasteiger partial charge in [0.05, 0.1) is 11.4 Å². The summed E-state index contributed by atoms with van der Waals surface area (Å²) in [4.78, 5) is 24.3. The Bertz CT molecular complexity index is 878. The predicted molar refractivity (Wildman–Crippen MR) is 95.1 cm³/mol. The van der Waals surface area contributed by atoms with E-state index >= 15 is 0 Å². The molecule has 2 amide bonds. The fraction of sp³-hybridized carbons (Fsp3) is 0. The van der Waals surface area contributed by atoms with Crippen LogP contribution in [0.3, 0.4) is 0 Å². The molecule has 0 unspecified atom stereocenters. The second-order valence-electron chi connectivity index (χ2n) is 5.45. The molecule has 0 saturated carbocycles. The maximum Gasteiger partial charge on any atom is 0.255 e. The van der Waals surface area contributed by atoms with E-state index in [9.17, 15) is 18.4 Å². The number of amides is 2. The largest absolute Gasteiger partial charge is 0.319 e. The van der Waals surface area contributed by atoms with Gasteiger partial charge in [-0.1, -0.05) is 24.3 Å². The molecule has 6 heteroatoms. The highest BCUT2D eigenvalue weighted by atomic mass is 19.1. The third-order valence-electron chi connectivity index (χ3n) is 3.65. The third-order valence-corrected chi connectivity index (χ3v) is 3.65. The first-order valence-corrected chi connectivity index (χ1v) is 7.76. The molecule has 0 aliphatic rings. The van der Waals surface area contributed by atoms with Gasteiger partial charge < -0.3 is 10.6 Å². The Balaban J connectivity index is 1.70. The summed E-state index contributed by atoms with van der Waals surface area (Å²) in [5, 5.41) is 4.92. The first-order chi connectivity index (χ1) is 12.5. The van der Waals surface area contributed by atoms with Crippen LogP contribution < -0.4 is 10.6 Å². The molecule has 0 aromatic heterocycles. The highest BCUT2D eigenvalue weighted by molar-refractivity contribution is 6.07. The van der Waals surface area contributed by atoms with Crippen LogP contribution in [-0.2, 0) is 0 Å². The molecule has 3 aromatic carbocycles. The van der Waals surface area contributed by atoms with Gasteiger partial charge >= 0.3 is 0 Å². The van der Waals surface area contributed by atoms with E-state index in [2.05, 4.69) is 10.6 Å². The van der Waals surface area contributed by atoms with E-state index in [1.807, 2.05) is 0 Å². The van der Waals surface area contributed by atoms with Gasteiger partial charge in [0.25, 0.3) is 11.8 Å². The van der Waals surface area contributed by atoms with Crippen LogP contribution in [0.2, 0.25) is 0 Å². The first kappa shape index (κ1) is 17.3. The molecule has 2 N–H and O–H groups in total. The van der Waals surface area contributed by atoms with E-state index in [-0.39, 0.29) is 22.5 Å². The molecule has 3 rings (SSSR count). The Labute approximate surface area is 148 Å². The zero-order chi connectivity index (χ0) is 18.5. The minimum Gasteiger partial charge on any atom is -0.319 e. The average Bonchev–Trinajstić information content (AvgIpc) is 2.65. The molecule has 3 aromatic rings. The normalized spacial score (nSPS) is 10.2. The van der Waals surface area contributed by atoms with Crippen molar-refractivity contribution >= 4 is 23.2 Å². The number of nitrogens with one attached hydrogen (secondary N) is 2. The van der Waals surface area contributed by atoms with E-state index in [0.717, 1.165) is 0 Å².